The summed E-state index contributed by atoms with van der Waals surface area (Å²) in [7, 11) is 1.59. The van der Waals surface area contributed by atoms with Crippen molar-refractivity contribution < 1.29 is 19.5 Å². The topological polar surface area (TPSA) is 86.7 Å². The van der Waals surface area contributed by atoms with Gasteiger partial charge < -0.3 is 15.3 Å². The maximum Gasteiger partial charge on any atom is 0.305 e. The van der Waals surface area contributed by atoms with Gasteiger partial charge in [-0.25, -0.2) is 0 Å². The number of hydrogen-bond acceptors (Lipinski definition) is 3. The molecule has 2 aromatic carbocycles. The zero-order valence-electron chi connectivity index (χ0n) is 16.4. The maximum atomic E-state index is 12.9. The third kappa shape index (κ3) is 5.67. The van der Waals surface area contributed by atoms with Crippen LogP contribution in [0, 0.1) is 0 Å². The summed E-state index contributed by atoms with van der Waals surface area (Å²) in [5, 5.41) is 12.0. The zero-order valence-corrected chi connectivity index (χ0v) is 16.4. The molecule has 0 saturated carbocycles. The van der Waals surface area contributed by atoms with Crippen LogP contribution >= 0.6 is 0 Å². The minimum absolute atomic E-state index is 0.0299. The minimum atomic E-state index is -0.971. The molecule has 0 aliphatic rings. The average Bonchev–Trinajstić information content (AvgIpc) is 2.67. The minimum Gasteiger partial charge on any atom is -0.481 e. The normalized spacial score (nSPS) is 12.1. The van der Waals surface area contributed by atoms with Crippen LogP contribution in [0.1, 0.15) is 48.7 Å². The first-order valence-electron chi connectivity index (χ1n) is 9.10. The Labute approximate surface area is 165 Å². The van der Waals surface area contributed by atoms with Crippen LogP contribution in [0.5, 0.6) is 0 Å². The highest BCUT2D eigenvalue weighted by molar-refractivity contribution is 5.94. The van der Waals surface area contributed by atoms with Crippen LogP contribution in [0.3, 0.4) is 0 Å². The molecule has 2 rings (SSSR count). The predicted octanol–water partition coefficient (Wildman–Crippen LogP) is 3.26. The van der Waals surface area contributed by atoms with Gasteiger partial charge >= 0.3 is 5.97 Å². The van der Waals surface area contributed by atoms with Gasteiger partial charge in [0.15, 0.2) is 0 Å². The molecule has 0 aliphatic carbocycles. The van der Waals surface area contributed by atoms with Gasteiger partial charge in [-0.15, -0.1) is 0 Å². The number of rotatable bonds is 8. The monoisotopic (exact) mass is 382 g/mol. The fourth-order valence-corrected chi connectivity index (χ4v) is 2.91. The van der Waals surface area contributed by atoms with Crippen molar-refractivity contribution in [3.8, 4) is 0 Å². The van der Waals surface area contributed by atoms with Crippen LogP contribution in [0.4, 0.5) is 0 Å². The van der Waals surface area contributed by atoms with Crippen molar-refractivity contribution in [3.05, 3.63) is 71.8 Å². The van der Waals surface area contributed by atoms with Crippen molar-refractivity contribution in [3.63, 3.8) is 0 Å². The molecule has 1 atom stereocenters. The smallest absolute Gasteiger partial charge is 0.305 e. The Morgan fingerprint density at radius 1 is 1.00 bits per heavy atom. The fourth-order valence-electron chi connectivity index (χ4n) is 2.91. The van der Waals surface area contributed by atoms with Gasteiger partial charge in [0.1, 0.15) is 0 Å². The molecule has 2 N–H and O–H groups in total. The van der Waals surface area contributed by atoms with Crippen molar-refractivity contribution in [2.75, 3.05) is 7.05 Å². The van der Waals surface area contributed by atoms with Gasteiger partial charge in [-0.2, -0.15) is 0 Å². The molecule has 148 valence electrons. The SMILES string of the molecule is CN(C(=O)CC(NC(=O)c1ccccc1)c1ccccc1)C(C)(C)CC(=O)O. The summed E-state index contributed by atoms with van der Waals surface area (Å²) < 4.78 is 0. The summed E-state index contributed by atoms with van der Waals surface area (Å²) in [6.07, 6.45) is -0.135. The summed E-state index contributed by atoms with van der Waals surface area (Å²) in [6, 6.07) is 17.5. The maximum absolute atomic E-state index is 12.9. The van der Waals surface area contributed by atoms with E-state index in [9.17, 15) is 14.4 Å². The van der Waals surface area contributed by atoms with E-state index < -0.39 is 17.6 Å². The Bertz CT molecular complexity index is 819. The lowest BCUT2D eigenvalue weighted by Gasteiger charge is -2.35. The van der Waals surface area contributed by atoms with Gasteiger partial charge in [-0.05, 0) is 31.5 Å². The zero-order chi connectivity index (χ0) is 20.7. The molecule has 0 spiro atoms. The first kappa shape index (κ1) is 21.2. The summed E-state index contributed by atoms with van der Waals surface area (Å²) in [6.45, 7) is 3.41. The Kier molecular flexibility index (Phi) is 6.93. The molecular weight excluding hydrogens is 356 g/mol. The molecule has 0 aliphatic heterocycles. The van der Waals surface area contributed by atoms with E-state index in [1.54, 1.807) is 45.2 Å². The molecule has 2 aromatic rings. The molecule has 1 unspecified atom stereocenters. The Morgan fingerprint density at radius 3 is 2.07 bits per heavy atom. The number of nitrogens with one attached hydrogen (secondary N) is 1. The Morgan fingerprint density at radius 2 is 1.54 bits per heavy atom. The first-order valence-corrected chi connectivity index (χ1v) is 9.10. The van der Waals surface area contributed by atoms with E-state index in [2.05, 4.69) is 5.32 Å². The molecule has 0 heterocycles. The lowest BCUT2D eigenvalue weighted by Crippen LogP contribution is -2.47. The summed E-state index contributed by atoms with van der Waals surface area (Å²) in [5.74, 6) is -1.48. The summed E-state index contributed by atoms with van der Waals surface area (Å²) in [5.41, 5.74) is 0.480. The van der Waals surface area contributed by atoms with Gasteiger partial charge in [0.25, 0.3) is 5.91 Å². The number of aliphatic carboxylic acids is 1. The second-order valence-electron chi connectivity index (χ2n) is 7.34. The largest absolute Gasteiger partial charge is 0.481 e. The average molecular weight is 382 g/mol. The Balaban J connectivity index is 2.19. The van der Waals surface area contributed by atoms with Crippen molar-refractivity contribution >= 4 is 17.8 Å². The number of nitrogens with zero attached hydrogens (tertiary/aromatic N) is 1. The summed E-state index contributed by atoms with van der Waals surface area (Å²) >= 11 is 0. The molecule has 0 aromatic heterocycles. The number of hydrogen-bond donors (Lipinski definition) is 2. The van der Waals surface area contributed by atoms with E-state index in [1.165, 1.54) is 4.90 Å². The Hall–Kier alpha value is -3.15. The quantitative estimate of drug-likeness (QED) is 0.734. The van der Waals surface area contributed by atoms with Crippen molar-refractivity contribution in [2.24, 2.45) is 0 Å². The van der Waals surface area contributed by atoms with Crippen LogP contribution in [-0.4, -0.2) is 40.4 Å². The number of carbonyl (C=O) groups excluding carboxylic acids is 2. The van der Waals surface area contributed by atoms with E-state index in [1.807, 2.05) is 36.4 Å². The van der Waals surface area contributed by atoms with Crippen molar-refractivity contribution in [2.45, 2.75) is 38.3 Å². The van der Waals surface area contributed by atoms with E-state index >= 15 is 0 Å². The van der Waals surface area contributed by atoms with Crippen LogP contribution in [0.25, 0.3) is 0 Å². The van der Waals surface area contributed by atoms with Crippen molar-refractivity contribution in [1.82, 2.24) is 10.2 Å². The summed E-state index contributed by atoms with van der Waals surface area (Å²) in [4.78, 5) is 38.0. The standard InChI is InChI=1S/C22H26N2O4/c1-22(2,15-20(26)27)24(3)19(25)14-18(16-10-6-4-7-11-16)23-21(28)17-12-8-5-9-13-17/h4-13,18H,14-15H2,1-3H3,(H,23,28)(H,26,27). The number of carboxylic acid groups (broad SMARTS) is 1. The molecule has 6 heteroatoms. The lowest BCUT2D eigenvalue weighted by molar-refractivity contribution is -0.143. The second kappa shape index (κ2) is 9.17. The van der Waals surface area contributed by atoms with Crippen LogP contribution in [0.15, 0.2) is 60.7 Å². The number of carbonyl (C=O) groups is 3. The van der Waals surface area contributed by atoms with Crippen LogP contribution in [-0.2, 0) is 9.59 Å². The van der Waals surface area contributed by atoms with Crippen molar-refractivity contribution in [1.29, 1.82) is 0 Å². The van der Waals surface area contributed by atoms with E-state index in [0.29, 0.717) is 5.56 Å². The van der Waals surface area contributed by atoms with Gasteiger partial charge in [0, 0.05) is 18.2 Å². The molecule has 28 heavy (non-hydrogen) atoms. The van der Waals surface area contributed by atoms with Crippen LogP contribution in [0.2, 0.25) is 0 Å². The molecule has 0 saturated heterocycles. The second-order valence-corrected chi connectivity index (χ2v) is 7.34. The highest BCUT2D eigenvalue weighted by Crippen LogP contribution is 2.23. The molecule has 6 nitrogen and oxygen atoms in total. The highest BCUT2D eigenvalue weighted by atomic mass is 16.4. The van der Waals surface area contributed by atoms with Gasteiger partial charge in [-0.1, -0.05) is 48.5 Å². The molecule has 0 bridgehead atoms. The lowest BCUT2D eigenvalue weighted by atomic mass is 9.96. The van der Waals surface area contributed by atoms with Gasteiger partial charge in [0.05, 0.1) is 18.9 Å². The van der Waals surface area contributed by atoms with Crippen LogP contribution < -0.4 is 5.32 Å². The number of amides is 2. The molecular formula is C22H26N2O4. The first-order chi connectivity index (χ1) is 13.2. The highest BCUT2D eigenvalue weighted by Gasteiger charge is 2.31. The molecule has 2 amide bonds. The number of benzene rings is 2. The predicted molar refractivity (Wildman–Crippen MR) is 107 cm³/mol. The fraction of sp³-hybridized carbons (Fsp3) is 0.318. The van der Waals surface area contributed by atoms with E-state index in [-0.39, 0.29) is 24.7 Å². The molecule has 0 fully saturated rings. The number of carboxylic acids is 1. The van der Waals surface area contributed by atoms with Gasteiger partial charge in [0.2, 0.25) is 5.91 Å². The third-order valence-corrected chi connectivity index (χ3v) is 4.79. The van der Waals surface area contributed by atoms with E-state index in [0.717, 1.165) is 5.56 Å². The molecule has 0 radical (unpaired) electrons. The third-order valence-electron chi connectivity index (χ3n) is 4.79. The van der Waals surface area contributed by atoms with Gasteiger partial charge in [-0.3, -0.25) is 14.4 Å². The van der Waals surface area contributed by atoms with E-state index in [4.69, 9.17) is 5.11 Å².